The molecule has 0 spiro atoms. The number of amides is 1. The maximum absolute atomic E-state index is 12.3. The molecular weight excluding hydrogens is 332 g/mol. The number of aromatic nitrogens is 2. The summed E-state index contributed by atoms with van der Waals surface area (Å²) in [6, 6.07) is 8.58. The molecule has 2 bridgehead atoms. The molecular formula is C19H24N4O3. The van der Waals surface area contributed by atoms with Gasteiger partial charge in [0.15, 0.2) is 6.61 Å². The van der Waals surface area contributed by atoms with E-state index in [-0.39, 0.29) is 12.5 Å². The van der Waals surface area contributed by atoms with Gasteiger partial charge in [-0.1, -0.05) is 5.16 Å². The van der Waals surface area contributed by atoms with Crippen LogP contribution in [0.4, 0.5) is 5.69 Å². The molecule has 138 valence electrons. The number of nitrogens with zero attached hydrogens (tertiary/aromatic N) is 2. The molecule has 7 heteroatoms. The summed E-state index contributed by atoms with van der Waals surface area (Å²) in [6.07, 6.45) is 5.35. The molecule has 2 aromatic rings. The van der Waals surface area contributed by atoms with E-state index in [9.17, 15) is 4.79 Å². The topological polar surface area (TPSA) is 89.3 Å². The monoisotopic (exact) mass is 356 g/mol. The van der Waals surface area contributed by atoms with Crippen molar-refractivity contribution in [3.8, 4) is 5.75 Å². The SMILES string of the molecule is Cc1nc(COc2ccc(NC(=O)CC3CC4CCC(C3)N4)cc2)no1. The normalized spacial score (nSPS) is 24.4. The molecule has 2 aliphatic rings. The Hall–Kier alpha value is -2.41. The molecule has 7 nitrogen and oxygen atoms in total. The number of aryl methyl sites for hydroxylation is 1. The van der Waals surface area contributed by atoms with Crippen LogP contribution in [0.3, 0.4) is 0 Å². The van der Waals surface area contributed by atoms with Crippen LogP contribution in [0.1, 0.15) is 43.8 Å². The van der Waals surface area contributed by atoms with Crippen LogP contribution in [0.5, 0.6) is 5.75 Å². The minimum Gasteiger partial charge on any atom is -0.485 e. The number of anilines is 1. The highest BCUT2D eigenvalue weighted by Gasteiger charge is 2.34. The van der Waals surface area contributed by atoms with Crippen molar-refractivity contribution in [2.24, 2.45) is 5.92 Å². The molecule has 2 unspecified atom stereocenters. The van der Waals surface area contributed by atoms with Crippen molar-refractivity contribution in [2.75, 3.05) is 5.32 Å². The van der Waals surface area contributed by atoms with Gasteiger partial charge in [0.25, 0.3) is 0 Å². The maximum Gasteiger partial charge on any atom is 0.224 e. The lowest BCUT2D eigenvalue weighted by Gasteiger charge is -2.28. The molecule has 1 aromatic carbocycles. The summed E-state index contributed by atoms with van der Waals surface area (Å²) in [7, 11) is 0. The molecule has 2 fully saturated rings. The first-order chi connectivity index (χ1) is 12.6. The van der Waals surface area contributed by atoms with Gasteiger partial charge in [-0.3, -0.25) is 4.79 Å². The third-order valence-electron chi connectivity index (χ3n) is 5.12. The Morgan fingerprint density at radius 2 is 2.00 bits per heavy atom. The Kier molecular flexibility index (Phi) is 4.88. The minimum atomic E-state index is 0.0900. The van der Waals surface area contributed by atoms with Gasteiger partial charge in [-0.2, -0.15) is 4.98 Å². The van der Waals surface area contributed by atoms with Crippen LogP contribution >= 0.6 is 0 Å². The minimum absolute atomic E-state index is 0.0900. The van der Waals surface area contributed by atoms with E-state index in [2.05, 4.69) is 20.8 Å². The highest BCUT2D eigenvalue weighted by molar-refractivity contribution is 5.90. The molecule has 2 atom stereocenters. The Bertz CT molecular complexity index is 746. The third-order valence-corrected chi connectivity index (χ3v) is 5.12. The van der Waals surface area contributed by atoms with Gasteiger partial charge in [0, 0.05) is 31.1 Å². The molecule has 3 heterocycles. The molecule has 26 heavy (non-hydrogen) atoms. The number of piperidine rings is 1. The number of hydrogen-bond donors (Lipinski definition) is 2. The van der Waals surface area contributed by atoms with Gasteiger partial charge in [-0.05, 0) is 55.9 Å². The second-order valence-electron chi connectivity index (χ2n) is 7.27. The second kappa shape index (κ2) is 7.45. The van der Waals surface area contributed by atoms with E-state index in [1.807, 2.05) is 24.3 Å². The van der Waals surface area contributed by atoms with E-state index < -0.39 is 0 Å². The Labute approximate surface area is 152 Å². The van der Waals surface area contributed by atoms with Crippen molar-refractivity contribution in [3.63, 3.8) is 0 Å². The molecule has 1 aromatic heterocycles. The van der Waals surface area contributed by atoms with Crippen molar-refractivity contribution in [2.45, 2.75) is 57.7 Å². The van der Waals surface area contributed by atoms with E-state index >= 15 is 0 Å². The van der Waals surface area contributed by atoms with E-state index in [4.69, 9.17) is 9.26 Å². The summed E-state index contributed by atoms with van der Waals surface area (Å²) in [5, 5.41) is 10.4. The van der Waals surface area contributed by atoms with Crippen LogP contribution in [-0.2, 0) is 11.4 Å². The smallest absolute Gasteiger partial charge is 0.224 e. The van der Waals surface area contributed by atoms with Crippen molar-refractivity contribution < 1.29 is 14.1 Å². The van der Waals surface area contributed by atoms with Gasteiger partial charge in [0.1, 0.15) is 5.75 Å². The fourth-order valence-electron chi connectivity index (χ4n) is 4.00. The summed E-state index contributed by atoms with van der Waals surface area (Å²) in [5.74, 6) is 2.31. The van der Waals surface area contributed by atoms with Crippen LogP contribution < -0.4 is 15.4 Å². The number of rotatable bonds is 6. The van der Waals surface area contributed by atoms with Crippen LogP contribution in [0.15, 0.2) is 28.8 Å². The summed E-state index contributed by atoms with van der Waals surface area (Å²) in [6.45, 7) is 1.99. The first kappa shape index (κ1) is 17.0. The zero-order chi connectivity index (χ0) is 17.9. The quantitative estimate of drug-likeness (QED) is 0.827. The molecule has 0 saturated carbocycles. The average Bonchev–Trinajstić information content (AvgIpc) is 3.19. The van der Waals surface area contributed by atoms with Crippen molar-refractivity contribution in [1.29, 1.82) is 0 Å². The number of hydrogen-bond acceptors (Lipinski definition) is 6. The van der Waals surface area contributed by atoms with E-state index in [1.165, 1.54) is 12.8 Å². The molecule has 1 amide bonds. The summed E-state index contributed by atoms with van der Waals surface area (Å²) >= 11 is 0. The van der Waals surface area contributed by atoms with Crippen molar-refractivity contribution in [3.05, 3.63) is 36.0 Å². The molecule has 4 rings (SSSR count). The predicted octanol–water partition coefficient (Wildman–Crippen LogP) is 2.82. The first-order valence-electron chi connectivity index (χ1n) is 9.22. The first-order valence-corrected chi connectivity index (χ1v) is 9.22. The number of ether oxygens (including phenoxy) is 1. The lowest BCUT2D eigenvalue weighted by Crippen LogP contribution is -2.39. The fourth-order valence-corrected chi connectivity index (χ4v) is 4.00. The van der Waals surface area contributed by atoms with E-state index in [0.29, 0.717) is 41.9 Å². The predicted molar refractivity (Wildman–Crippen MR) is 95.7 cm³/mol. The molecule has 2 aliphatic heterocycles. The largest absolute Gasteiger partial charge is 0.485 e. The number of carbonyl (C=O) groups is 1. The fraction of sp³-hybridized carbons (Fsp3) is 0.526. The lowest BCUT2D eigenvalue weighted by atomic mass is 9.89. The van der Waals surface area contributed by atoms with Gasteiger partial charge in [0.05, 0.1) is 0 Å². The molecule has 2 N–H and O–H groups in total. The van der Waals surface area contributed by atoms with Gasteiger partial charge in [-0.25, -0.2) is 0 Å². The Morgan fingerprint density at radius 1 is 1.27 bits per heavy atom. The number of fused-ring (bicyclic) bond motifs is 2. The van der Waals surface area contributed by atoms with Gasteiger partial charge in [0.2, 0.25) is 17.6 Å². The standard InChI is InChI=1S/C19H24N4O3/c1-12-20-18(23-26-12)11-25-17-6-4-14(5-7-17)22-19(24)10-13-8-15-2-3-16(9-13)21-15/h4-7,13,15-16,21H,2-3,8-11H2,1H3,(H,22,24). The number of nitrogens with one attached hydrogen (secondary N) is 2. The maximum atomic E-state index is 12.3. The van der Waals surface area contributed by atoms with Crippen LogP contribution in [0.2, 0.25) is 0 Å². The Balaban J connectivity index is 1.25. The zero-order valence-electron chi connectivity index (χ0n) is 14.9. The molecule has 2 saturated heterocycles. The molecule has 0 aliphatic carbocycles. The summed E-state index contributed by atoms with van der Waals surface area (Å²) < 4.78 is 10.5. The van der Waals surface area contributed by atoms with Crippen LogP contribution in [-0.4, -0.2) is 28.1 Å². The number of benzene rings is 1. The van der Waals surface area contributed by atoms with E-state index in [1.54, 1.807) is 6.92 Å². The van der Waals surface area contributed by atoms with Gasteiger partial charge < -0.3 is 19.9 Å². The average molecular weight is 356 g/mol. The van der Waals surface area contributed by atoms with Crippen LogP contribution in [0, 0.1) is 12.8 Å². The lowest BCUT2D eigenvalue weighted by molar-refractivity contribution is -0.117. The molecule has 0 radical (unpaired) electrons. The van der Waals surface area contributed by atoms with Crippen molar-refractivity contribution >= 4 is 11.6 Å². The van der Waals surface area contributed by atoms with Crippen LogP contribution in [0.25, 0.3) is 0 Å². The Morgan fingerprint density at radius 3 is 2.65 bits per heavy atom. The highest BCUT2D eigenvalue weighted by Crippen LogP contribution is 2.32. The van der Waals surface area contributed by atoms with E-state index in [0.717, 1.165) is 18.5 Å². The summed E-state index contributed by atoms with van der Waals surface area (Å²) in [4.78, 5) is 16.4. The zero-order valence-corrected chi connectivity index (χ0v) is 14.9. The van der Waals surface area contributed by atoms with Gasteiger partial charge in [-0.15, -0.1) is 0 Å². The number of carbonyl (C=O) groups excluding carboxylic acids is 1. The van der Waals surface area contributed by atoms with Crippen molar-refractivity contribution in [1.82, 2.24) is 15.5 Å². The third kappa shape index (κ3) is 4.22. The van der Waals surface area contributed by atoms with Gasteiger partial charge >= 0.3 is 0 Å². The second-order valence-corrected chi connectivity index (χ2v) is 7.27. The summed E-state index contributed by atoms with van der Waals surface area (Å²) in [5.41, 5.74) is 0.787. The highest BCUT2D eigenvalue weighted by atomic mass is 16.5.